The lowest BCUT2D eigenvalue weighted by molar-refractivity contribution is 0.106. The van der Waals surface area contributed by atoms with Crippen molar-refractivity contribution in [3.8, 4) is 5.75 Å². The zero-order valence-corrected chi connectivity index (χ0v) is 14.1. The van der Waals surface area contributed by atoms with Gasteiger partial charge in [-0.1, -0.05) is 25.5 Å². The average Bonchev–Trinajstić information content (AvgIpc) is 2.52. The molecule has 0 saturated carbocycles. The molecule has 1 unspecified atom stereocenters. The second kappa shape index (κ2) is 11.9. The number of aliphatic hydroxyl groups is 1. The monoisotopic (exact) mass is 311 g/mol. The van der Waals surface area contributed by atoms with Gasteiger partial charge in [0.05, 0.1) is 0 Å². The summed E-state index contributed by atoms with van der Waals surface area (Å²) in [5.74, 6) is 2.08. The van der Waals surface area contributed by atoms with Crippen LogP contribution in [0, 0.1) is 0 Å². The van der Waals surface area contributed by atoms with Crippen molar-refractivity contribution in [3.63, 3.8) is 0 Å². The maximum absolute atomic E-state index is 9.89. The summed E-state index contributed by atoms with van der Waals surface area (Å²) in [6.45, 7) is 4.02. The smallest absolute Gasteiger partial charge is 0.119 e. The zero-order chi connectivity index (χ0) is 15.3. The van der Waals surface area contributed by atoms with Crippen LogP contribution in [0.3, 0.4) is 0 Å². The number of rotatable bonds is 12. The van der Waals surface area contributed by atoms with Gasteiger partial charge in [-0.3, -0.25) is 0 Å². The van der Waals surface area contributed by atoms with Crippen LogP contribution in [0.1, 0.15) is 31.7 Å². The zero-order valence-electron chi connectivity index (χ0n) is 13.3. The summed E-state index contributed by atoms with van der Waals surface area (Å²) in [5, 5.41) is 13.2. The molecule has 0 aliphatic heterocycles. The van der Waals surface area contributed by atoms with E-state index in [9.17, 15) is 5.11 Å². The molecule has 3 nitrogen and oxygen atoms in total. The van der Waals surface area contributed by atoms with Crippen LogP contribution in [0.15, 0.2) is 24.3 Å². The lowest BCUT2D eigenvalue weighted by atomic mass is 10.2. The van der Waals surface area contributed by atoms with E-state index in [1.54, 1.807) is 0 Å². The molecule has 0 aliphatic rings. The molecule has 1 aromatic carbocycles. The number of hydrogen-bond acceptors (Lipinski definition) is 4. The van der Waals surface area contributed by atoms with E-state index in [2.05, 4.69) is 24.6 Å². The Balaban J connectivity index is 2.06. The first-order chi connectivity index (χ1) is 10.3. The predicted octanol–water partition coefficient (Wildman–Crippen LogP) is 3.11. The number of thioether (sulfide) groups is 1. The van der Waals surface area contributed by atoms with Gasteiger partial charge in [-0.2, -0.15) is 11.8 Å². The molecule has 0 aromatic heterocycles. The molecule has 120 valence electrons. The first-order valence-electron chi connectivity index (χ1n) is 7.85. The fourth-order valence-corrected chi connectivity index (χ4v) is 2.54. The minimum absolute atomic E-state index is 0.340. The van der Waals surface area contributed by atoms with Crippen molar-refractivity contribution >= 4 is 11.8 Å². The number of benzene rings is 1. The molecule has 1 rings (SSSR count). The van der Waals surface area contributed by atoms with Gasteiger partial charge in [-0.05, 0) is 55.5 Å². The summed E-state index contributed by atoms with van der Waals surface area (Å²) in [6.07, 6.45) is 6.39. The van der Waals surface area contributed by atoms with Crippen LogP contribution < -0.4 is 10.1 Å². The fraction of sp³-hybridized carbons (Fsp3) is 0.647. The lowest BCUT2D eigenvalue weighted by Crippen LogP contribution is -2.32. The number of hydrogen-bond donors (Lipinski definition) is 2. The van der Waals surface area contributed by atoms with Crippen molar-refractivity contribution in [1.29, 1.82) is 0 Å². The number of aryl methyl sites for hydroxylation is 1. The fourth-order valence-electron chi connectivity index (χ4n) is 2.05. The highest BCUT2D eigenvalue weighted by Gasteiger charge is 2.05. The average molecular weight is 311 g/mol. The SMILES string of the molecule is CCc1cccc(OCC(O)CNCCCCCSC)c1. The van der Waals surface area contributed by atoms with Crippen molar-refractivity contribution in [3.05, 3.63) is 29.8 Å². The first kappa shape index (κ1) is 18.3. The van der Waals surface area contributed by atoms with E-state index in [0.29, 0.717) is 13.2 Å². The molecule has 0 amide bonds. The molecule has 1 atom stereocenters. The molecule has 0 saturated heterocycles. The summed E-state index contributed by atoms with van der Waals surface area (Å²) < 4.78 is 5.63. The third-order valence-electron chi connectivity index (χ3n) is 3.33. The highest BCUT2D eigenvalue weighted by atomic mass is 32.2. The molecular formula is C17H29NO2S. The van der Waals surface area contributed by atoms with Crippen LogP contribution in [0.5, 0.6) is 5.75 Å². The van der Waals surface area contributed by atoms with Gasteiger partial charge in [0.1, 0.15) is 18.5 Å². The van der Waals surface area contributed by atoms with Crippen LogP contribution in [-0.2, 0) is 6.42 Å². The van der Waals surface area contributed by atoms with E-state index in [0.717, 1.165) is 18.7 Å². The van der Waals surface area contributed by atoms with Crippen LogP contribution in [0.25, 0.3) is 0 Å². The van der Waals surface area contributed by atoms with Gasteiger partial charge in [-0.25, -0.2) is 0 Å². The largest absolute Gasteiger partial charge is 0.491 e. The molecule has 0 fully saturated rings. The molecule has 1 aromatic rings. The van der Waals surface area contributed by atoms with Crippen LogP contribution in [0.4, 0.5) is 0 Å². The first-order valence-corrected chi connectivity index (χ1v) is 9.25. The van der Waals surface area contributed by atoms with Crippen molar-refractivity contribution in [2.24, 2.45) is 0 Å². The third-order valence-corrected chi connectivity index (χ3v) is 4.03. The summed E-state index contributed by atoms with van der Waals surface area (Å²) in [5.41, 5.74) is 1.25. The van der Waals surface area contributed by atoms with E-state index < -0.39 is 6.10 Å². The van der Waals surface area contributed by atoms with Gasteiger partial charge in [0.2, 0.25) is 0 Å². The van der Waals surface area contributed by atoms with Crippen molar-refractivity contribution in [2.75, 3.05) is 31.7 Å². The molecule has 4 heteroatoms. The predicted molar refractivity (Wildman–Crippen MR) is 92.4 cm³/mol. The molecular weight excluding hydrogens is 282 g/mol. The summed E-state index contributed by atoms with van der Waals surface area (Å²) >= 11 is 1.90. The van der Waals surface area contributed by atoms with E-state index in [-0.39, 0.29) is 0 Å². The maximum atomic E-state index is 9.89. The lowest BCUT2D eigenvalue weighted by Gasteiger charge is -2.13. The number of nitrogens with one attached hydrogen (secondary N) is 1. The Hall–Kier alpha value is -0.710. The van der Waals surface area contributed by atoms with Crippen LogP contribution >= 0.6 is 11.8 Å². The van der Waals surface area contributed by atoms with Gasteiger partial charge in [0.15, 0.2) is 0 Å². The summed E-state index contributed by atoms with van der Waals surface area (Å²) in [6, 6.07) is 8.05. The Bertz CT molecular complexity index is 374. The number of unbranched alkanes of at least 4 members (excludes halogenated alkanes) is 2. The maximum Gasteiger partial charge on any atom is 0.119 e. The number of aliphatic hydroxyl groups excluding tert-OH is 1. The van der Waals surface area contributed by atoms with E-state index in [1.807, 2.05) is 30.0 Å². The molecule has 0 radical (unpaired) electrons. The molecule has 21 heavy (non-hydrogen) atoms. The molecule has 0 heterocycles. The Kier molecular flexibility index (Phi) is 10.4. The number of ether oxygens (including phenoxy) is 1. The van der Waals surface area contributed by atoms with Crippen LogP contribution in [0.2, 0.25) is 0 Å². The minimum Gasteiger partial charge on any atom is -0.491 e. The van der Waals surface area contributed by atoms with Gasteiger partial charge < -0.3 is 15.2 Å². The molecule has 0 aliphatic carbocycles. The standard InChI is InChI=1S/C17H29NO2S/c1-3-15-8-7-9-17(12-15)20-14-16(19)13-18-10-5-4-6-11-21-2/h7-9,12,16,18-19H,3-6,10-11,13-14H2,1-2H3. The van der Waals surface area contributed by atoms with Crippen molar-refractivity contribution in [1.82, 2.24) is 5.32 Å². The summed E-state index contributed by atoms with van der Waals surface area (Å²) in [7, 11) is 0. The molecule has 2 N–H and O–H groups in total. The van der Waals surface area contributed by atoms with Gasteiger partial charge >= 0.3 is 0 Å². The Morgan fingerprint density at radius 1 is 1.29 bits per heavy atom. The Labute approximate surface area is 133 Å². The topological polar surface area (TPSA) is 41.5 Å². The Morgan fingerprint density at radius 3 is 2.90 bits per heavy atom. The van der Waals surface area contributed by atoms with E-state index in [1.165, 1.54) is 30.6 Å². The highest BCUT2D eigenvalue weighted by molar-refractivity contribution is 7.98. The Morgan fingerprint density at radius 2 is 2.14 bits per heavy atom. The van der Waals surface area contributed by atoms with Gasteiger partial charge in [0, 0.05) is 6.54 Å². The highest BCUT2D eigenvalue weighted by Crippen LogP contribution is 2.13. The molecule has 0 bridgehead atoms. The molecule has 0 spiro atoms. The van der Waals surface area contributed by atoms with Crippen molar-refractivity contribution in [2.45, 2.75) is 38.7 Å². The van der Waals surface area contributed by atoms with Crippen molar-refractivity contribution < 1.29 is 9.84 Å². The van der Waals surface area contributed by atoms with E-state index in [4.69, 9.17) is 4.74 Å². The second-order valence-corrected chi connectivity index (χ2v) is 6.21. The quantitative estimate of drug-likeness (QED) is 0.582. The second-order valence-electron chi connectivity index (χ2n) is 5.22. The third kappa shape index (κ3) is 9.02. The normalized spacial score (nSPS) is 12.3. The van der Waals surface area contributed by atoms with Crippen LogP contribution in [-0.4, -0.2) is 42.9 Å². The minimum atomic E-state index is -0.457. The summed E-state index contributed by atoms with van der Waals surface area (Å²) in [4.78, 5) is 0. The van der Waals surface area contributed by atoms with Gasteiger partial charge in [0.25, 0.3) is 0 Å². The van der Waals surface area contributed by atoms with E-state index >= 15 is 0 Å². The van der Waals surface area contributed by atoms with Gasteiger partial charge in [-0.15, -0.1) is 0 Å².